The molecular weight excluding hydrogens is 471 g/mol. The summed E-state index contributed by atoms with van der Waals surface area (Å²) in [5.74, 6) is 1.65. The van der Waals surface area contributed by atoms with E-state index in [4.69, 9.17) is 21.1 Å². The Balaban J connectivity index is 0.00000338. The van der Waals surface area contributed by atoms with E-state index in [9.17, 15) is 4.79 Å². The first kappa shape index (κ1) is 22.6. The molecule has 9 heteroatoms. The Morgan fingerprint density at radius 1 is 1.23 bits per heavy atom. The molecule has 1 aliphatic rings. The van der Waals surface area contributed by atoms with E-state index in [1.165, 1.54) is 0 Å². The van der Waals surface area contributed by atoms with E-state index >= 15 is 0 Å². The lowest BCUT2D eigenvalue weighted by atomic mass is 10.1. The number of aliphatic imine (C=N–C) groups is 1. The van der Waals surface area contributed by atoms with E-state index in [2.05, 4.69) is 20.9 Å². The second-order valence-electron chi connectivity index (χ2n) is 6.68. The second kappa shape index (κ2) is 10.1. The summed E-state index contributed by atoms with van der Waals surface area (Å²) in [6.07, 6.45) is 0. The molecule has 0 spiro atoms. The summed E-state index contributed by atoms with van der Waals surface area (Å²) in [6.45, 7) is 7.43. The first-order valence-corrected chi connectivity index (χ1v) is 8.50. The molecular formula is C17H26ClIN4O3. The topological polar surface area (TPSA) is 84.0 Å². The van der Waals surface area contributed by atoms with Crippen LogP contribution in [0.3, 0.4) is 0 Å². The van der Waals surface area contributed by atoms with Crippen LogP contribution in [0.15, 0.2) is 17.1 Å². The number of hydrogen-bond donors (Lipinski definition) is 3. The van der Waals surface area contributed by atoms with Crippen molar-refractivity contribution in [3.63, 3.8) is 0 Å². The molecule has 26 heavy (non-hydrogen) atoms. The number of guanidine groups is 1. The van der Waals surface area contributed by atoms with E-state index in [1.807, 2.05) is 32.9 Å². The number of fused-ring (bicyclic) bond motifs is 1. The number of amides is 1. The molecule has 1 aromatic carbocycles. The first-order valence-electron chi connectivity index (χ1n) is 8.12. The lowest BCUT2D eigenvalue weighted by Gasteiger charge is -2.21. The third-order valence-electron chi connectivity index (χ3n) is 3.27. The van der Waals surface area contributed by atoms with Crippen LogP contribution in [0.4, 0.5) is 0 Å². The van der Waals surface area contributed by atoms with Crippen molar-refractivity contribution in [1.29, 1.82) is 0 Å². The van der Waals surface area contributed by atoms with Gasteiger partial charge in [0.2, 0.25) is 5.91 Å². The summed E-state index contributed by atoms with van der Waals surface area (Å²) in [5.41, 5.74) is 0.661. The summed E-state index contributed by atoms with van der Waals surface area (Å²) in [6, 6.07) is 3.70. The highest BCUT2D eigenvalue weighted by Crippen LogP contribution is 2.38. The quantitative estimate of drug-likeness (QED) is 0.338. The van der Waals surface area contributed by atoms with Gasteiger partial charge in [-0.25, -0.2) is 0 Å². The van der Waals surface area contributed by atoms with Crippen molar-refractivity contribution in [1.82, 2.24) is 16.0 Å². The van der Waals surface area contributed by atoms with Crippen LogP contribution in [0.5, 0.6) is 11.5 Å². The van der Waals surface area contributed by atoms with Crippen molar-refractivity contribution in [2.24, 2.45) is 4.99 Å². The van der Waals surface area contributed by atoms with Crippen LogP contribution in [0, 0.1) is 0 Å². The molecule has 2 rings (SSSR count). The van der Waals surface area contributed by atoms with Gasteiger partial charge in [-0.1, -0.05) is 11.6 Å². The number of carbonyl (C=O) groups is 1. The molecule has 0 unspecified atom stereocenters. The Kier molecular flexibility index (Phi) is 8.75. The highest BCUT2D eigenvalue weighted by Gasteiger charge is 2.17. The van der Waals surface area contributed by atoms with Gasteiger partial charge >= 0.3 is 0 Å². The minimum atomic E-state index is -0.266. The maximum atomic E-state index is 11.9. The largest absolute Gasteiger partial charge is 0.486 e. The molecule has 0 fully saturated rings. The van der Waals surface area contributed by atoms with Crippen LogP contribution in [-0.2, 0) is 11.3 Å². The Labute approximate surface area is 176 Å². The summed E-state index contributed by atoms with van der Waals surface area (Å²) in [7, 11) is 1.65. The summed E-state index contributed by atoms with van der Waals surface area (Å²) in [4.78, 5) is 16.0. The van der Waals surface area contributed by atoms with Gasteiger partial charge in [-0.05, 0) is 38.5 Å². The fourth-order valence-electron chi connectivity index (χ4n) is 2.30. The van der Waals surface area contributed by atoms with Crippen LogP contribution < -0.4 is 25.4 Å². The number of nitrogens with zero attached hydrogens (tertiary/aromatic N) is 1. The number of hydrogen-bond acceptors (Lipinski definition) is 4. The van der Waals surface area contributed by atoms with E-state index < -0.39 is 0 Å². The normalized spacial score (nSPS) is 13.5. The molecule has 7 nitrogen and oxygen atoms in total. The average Bonchev–Trinajstić information content (AvgIpc) is 2.53. The molecule has 0 atom stereocenters. The molecule has 0 saturated heterocycles. The van der Waals surface area contributed by atoms with Crippen molar-refractivity contribution in [3.05, 3.63) is 22.7 Å². The highest BCUT2D eigenvalue weighted by atomic mass is 127. The molecule has 3 N–H and O–H groups in total. The smallest absolute Gasteiger partial charge is 0.239 e. The predicted octanol–water partition coefficient (Wildman–Crippen LogP) is 2.31. The minimum absolute atomic E-state index is 0. The Morgan fingerprint density at radius 3 is 2.58 bits per heavy atom. The van der Waals surface area contributed by atoms with Crippen molar-refractivity contribution in [2.45, 2.75) is 32.9 Å². The van der Waals surface area contributed by atoms with Crippen LogP contribution >= 0.6 is 35.6 Å². The standard InChI is InChI=1S/C17H25ClN4O3.HI/c1-17(2,3)22-14(23)10-21-16(19-4)20-9-11-7-12(18)15-13(8-11)24-5-6-25-15;/h7-8H,5-6,9-10H2,1-4H3,(H,22,23)(H2,19,20,21);1H. The Bertz CT molecular complexity index is 662. The molecule has 1 aromatic rings. The fraction of sp³-hybridized carbons (Fsp3) is 0.529. The van der Waals surface area contributed by atoms with Gasteiger partial charge in [-0.15, -0.1) is 24.0 Å². The molecule has 0 saturated carbocycles. The number of carbonyl (C=O) groups excluding carboxylic acids is 1. The van der Waals surface area contributed by atoms with Gasteiger partial charge in [0.05, 0.1) is 11.6 Å². The number of rotatable bonds is 4. The van der Waals surface area contributed by atoms with E-state index in [0.717, 1.165) is 5.56 Å². The van der Waals surface area contributed by atoms with Gasteiger partial charge in [0.1, 0.15) is 13.2 Å². The molecule has 1 heterocycles. The van der Waals surface area contributed by atoms with Crippen molar-refractivity contribution < 1.29 is 14.3 Å². The van der Waals surface area contributed by atoms with Gasteiger partial charge in [-0.3, -0.25) is 9.79 Å². The summed E-state index contributed by atoms with van der Waals surface area (Å²) in [5, 5.41) is 9.52. The van der Waals surface area contributed by atoms with Crippen molar-refractivity contribution in [3.8, 4) is 11.5 Å². The number of halogens is 2. The number of benzene rings is 1. The minimum Gasteiger partial charge on any atom is -0.486 e. The van der Waals surface area contributed by atoms with Crippen LogP contribution in [-0.4, -0.2) is 44.2 Å². The van der Waals surface area contributed by atoms with Crippen molar-refractivity contribution >= 4 is 47.4 Å². The molecule has 0 aromatic heterocycles. The zero-order valence-electron chi connectivity index (χ0n) is 15.4. The maximum Gasteiger partial charge on any atom is 0.239 e. The molecule has 1 aliphatic heterocycles. The predicted molar refractivity (Wildman–Crippen MR) is 114 cm³/mol. The highest BCUT2D eigenvalue weighted by molar-refractivity contribution is 14.0. The lowest BCUT2D eigenvalue weighted by molar-refractivity contribution is -0.121. The third kappa shape index (κ3) is 7.06. The van der Waals surface area contributed by atoms with Crippen LogP contribution in [0.25, 0.3) is 0 Å². The third-order valence-corrected chi connectivity index (χ3v) is 3.55. The Morgan fingerprint density at radius 2 is 1.92 bits per heavy atom. The maximum absolute atomic E-state index is 11.9. The van der Waals surface area contributed by atoms with Gasteiger partial charge in [0.15, 0.2) is 17.5 Å². The Hall–Kier alpha value is -1.42. The molecule has 146 valence electrons. The number of ether oxygens (including phenoxy) is 2. The van der Waals surface area contributed by atoms with Crippen molar-refractivity contribution in [2.75, 3.05) is 26.8 Å². The van der Waals surface area contributed by atoms with Gasteiger partial charge in [-0.2, -0.15) is 0 Å². The van der Waals surface area contributed by atoms with Gasteiger partial charge in [0.25, 0.3) is 0 Å². The van der Waals surface area contributed by atoms with Crippen LogP contribution in [0.1, 0.15) is 26.3 Å². The monoisotopic (exact) mass is 496 g/mol. The first-order chi connectivity index (χ1) is 11.8. The van der Waals surface area contributed by atoms with E-state index in [-0.39, 0.29) is 42.0 Å². The average molecular weight is 497 g/mol. The molecule has 0 bridgehead atoms. The summed E-state index contributed by atoms with van der Waals surface area (Å²) < 4.78 is 11.1. The molecule has 0 radical (unpaired) electrons. The fourth-order valence-corrected chi connectivity index (χ4v) is 2.59. The SMILES string of the molecule is CN=C(NCC(=O)NC(C)(C)C)NCc1cc(Cl)c2c(c1)OCCO2.I. The second-order valence-corrected chi connectivity index (χ2v) is 7.09. The molecule has 0 aliphatic carbocycles. The van der Waals surface area contributed by atoms with Crippen LogP contribution in [0.2, 0.25) is 5.02 Å². The van der Waals surface area contributed by atoms with E-state index in [0.29, 0.717) is 42.2 Å². The van der Waals surface area contributed by atoms with Gasteiger partial charge in [0, 0.05) is 19.1 Å². The van der Waals surface area contributed by atoms with E-state index in [1.54, 1.807) is 7.05 Å². The summed E-state index contributed by atoms with van der Waals surface area (Å²) >= 11 is 6.23. The zero-order valence-corrected chi connectivity index (χ0v) is 18.5. The number of nitrogens with one attached hydrogen (secondary N) is 3. The lowest BCUT2D eigenvalue weighted by Crippen LogP contribution is -2.48. The van der Waals surface area contributed by atoms with Gasteiger partial charge < -0.3 is 25.4 Å². The molecule has 1 amide bonds. The zero-order chi connectivity index (χ0) is 18.4.